The van der Waals surface area contributed by atoms with Crippen LogP contribution in [-0.2, 0) is 10.0 Å². The van der Waals surface area contributed by atoms with Crippen molar-refractivity contribution in [3.63, 3.8) is 0 Å². The summed E-state index contributed by atoms with van der Waals surface area (Å²) >= 11 is 0. The van der Waals surface area contributed by atoms with Gasteiger partial charge in [-0.15, -0.1) is 0 Å². The third kappa shape index (κ3) is 3.55. The molecule has 3 aromatic rings. The highest BCUT2D eigenvalue weighted by Crippen LogP contribution is 2.34. The molecule has 1 aromatic heterocycles. The van der Waals surface area contributed by atoms with E-state index in [2.05, 4.69) is 14.7 Å². The predicted octanol–water partition coefficient (Wildman–Crippen LogP) is 3.83. The van der Waals surface area contributed by atoms with Crippen LogP contribution in [0, 0.1) is 5.82 Å². The summed E-state index contributed by atoms with van der Waals surface area (Å²) in [7, 11) is -3.45. The molecule has 1 heterocycles. The van der Waals surface area contributed by atoms with Crippen molar-refractivity contribution in [3.8, 4) is 22.4 Å². The Bertz CT molecular complexity index is 1110. The van der Waals surface area contributed by atoms with Gasteiger partial charge in [-0.1, -0.05) is 30.7 Å². The summed E-state index contributed by atoms with van der Waals surface area (Å²) in [6.45, 7) is 0. The quantitative estimate of drug-likeness (QED) is 0.681. The predicted molar refractivity (Wildman–Crippen MR) is 107 cm³/mol. The van der Waals surface area contributed by atoms with E-state index in [1.165, 1.54) is 18.5 Å². The number of hydrogen-bond acceptors (Lipinski definition) is 5. The Morgan fingerprint density at radius 1 is 1.04 bits per heavy atom. The first-order valence-electron chi connectivity index (χ1n) is 8.92. The second-order valence-electron chi connectivity index (χ2n) is 6.77. The third-order valence-electron chi connectivity index (χ3n) is 4.90. The van der Waals surface area contributed by atoms with Gasteiger partial charge in [0.15, 0.2) is 0 Å². The maximum absolute atomic E-state index is 14.7. The molecule has 2 aromatic carbocycles. The molecule has 6 nitrogen and oxygen atoms in total. The standard InChI is InChI=1S/C20H19FN4O2S/c21-17-10-13(8-9-16(17)19-11-24-20(22)12-23-19)15-6-1-2-7-18(15)25-28(26,27)14-4-3-5-14/h1-2,6-12,14,25H,3-5H2,(H2,22,24). The number of nitrogens with zero attached hydrogens (tertiary/aromatic N) is 2. The molecular weight excluding hydrogens is 379 g/mol. The number of anilines is 2. The summed E-state index contributed by atoms with van der Waals surface area (Å²) in [5, 5.41) is -0.358. The molecule has 0 aliphatic heterocycles. The Morgan fingerprint density at radius 2 is 1.82 bits per heavy atom. The van der Waals surface area contributed by atoms with Crippen molar-refractivity contribution in [1.82, 2.24) is 9.97 Å². The number of benzene rings is 2. The zero-order valence-corrected chi connectivity index (χ0v) is 15.8. The zero-order chi connectivity index (χ0) is 19.7. The number of sulfonamides is 1. The fraction of sp³-hybridized carbons (Fsp3) is 0.200. The molecule has 0 atom stereocenters. The number of aromatic nitrogens is 2. The number of rotatable bonds is 5. The molecule has 1 aliphatic carbocycles. The molecule has 0 spiro atoms. The highest BCUT2D eigenvalue weighted by atomic mass is 32.2. The minimum atomic E-state index is -3.45. The van der Waals surface area contributed by atoms with E-state index in [1.807, 2.05) is 0 Å². The molecule has 0 bridgehead atoms. The van der Waals surface area contributed by atoms with Crippen molar-refractivity contribution < 1.29 is 12.8 Å². The largest absolute Gasteiger partial charge is 0.382 e. The second kappa shape index (κ2) is 7.20. The summed E-state index contributed by atoms with van der Waals surface area (Å²) in [4.78, 5) is 8.03. The van der Waals surface area contributed by atoms with Gasteiger partial charge in [0.25, 0.3) is 0 Å². The van der Waals surface area contributed by atoms with Crippen molar-refractivity contribution in [2.75, 3.05) is 10.5 Å². The summed E-state index contributed by atoms with van der Waals surface area (Å²) < 4.78 is 42.4. The van der Waals surface area contributed by atoms with Crippen molar-refractivity contribution in [3.05, 3.63) is 60.7 Å². The highest BCUT2D eigenvalue weighted by Gasteiger charge is 2.31. The molecule has 4 rings (SSSR count). The molecule has 0 amide bonds. The van der Waals surface area contributed by atoms with Gasteiger partial charge < -0.3 is 5.73 Å². The Morgan fingerprint density at radius 3 is 2.46 bits per heavy atom. The van der Waals surface area contributed by atoms with Gasteiger partial charge in [-0.2, -0.15) is 0 Å². The molecule has 1 aliphatic rings. The number of nitrogen functional groups attached to an aromatic ring is 1. The van der Waals surface area contributed by atoms with E-state index in [1.54, 1.807) is 36.4 Å². The number of nitrogens with one attached hydrogen (secondary N) is 1. The lowest BCUT2D eigenvalue weighted by atomic mass is 10.00. The molecular formula is C20H19FN4O2S. The van der Waals surface area contributed by atoms with Gasteiger partial charge in [0.2, 0.25) is 10.0 Å². The molecule has 144 valence electrons. The first-order valence-corrected chi connectivity index (χ1v) is 10.5. The smallest absolute Gasteiger partial charge is 0.235 e. The van der Waals surface area contributed by atoms with E-state index in [-0.39, 0.29) is 11.1 Å². The van der Waals surface area contributed by atoms with E-state index in [0.29, 0.717) is 40.9 Å². The average molecular weight is 398 g/mol. The number of nitrogens with two attached hydrogens (primary N) is 1. The van der Waals surface area contributed by atoms with Crippen LogP contribution in [0.1, 0.15) is 19.3 Å². The van der Waals surface area contributed by atoms with Crippen LogP contribution in [0.15, 0.2) is 54.9 Å². The molecule has 0 saturated heterocycles. The fourth-order valence-corrected chi connectivity index (χ4v) is 4.71. The Kier molecular flexibility index (Phi) is 4.72. The Balaban J connectivity index is 1.68. The lowest BCUT2D eigenvalue weighted by Crippen LogP contribution is -2.33. The van der Waals surface area contributed by atoms with Crippen LogP contribution in [0.2, 0.25) is 0 Å². The van der Waals surface area contributed by atoms with Gasteiger partial charge >= 0.3 is 0 Å². The van der Waals surface area contributed by atoms with Gasteiger partial charge in [-0.25, -0.2) is 17.8 Å². The van der Waals surface area contributed by atoms with Crippen molar-refractivity contribution in [1.29, 1.82) is 0 Å². The number of hydrogen-bond donors (Lipinski definition) is 2. The monoisotopic (exact) mass is 398 g/mol. The van der Waals surface area contributed by atoms with Crippen LogP contribution in [-0.4, -0.2) is 23.6 Å². The minimum absolute atomic E-state index is 0.258. The number of para-hydroxylation sites is 1. The van der Waals surface area contributed by atoms with Crippen LogP contribution in [0.3, 0.4) is 0 Å². The van der Waals surface area contributed by atoms with E-state index in [9.17, 15) is 12.8 Å². The van der Waals surface area contributed by atoms with Crippen LogP contribution in [0.25, 0.3) is 22.4 Å². The molecule has 8 heteroatoms. The van der Waals surface area contributed by atoms with E-state index in [4.69, 9.17) is 5.73 Å². The van der Waals surface area contributed by atoms with E-state index < -0.39 is 15.8 Å². The molecule has 0 unspecified atom stereocenters. The maximum atomic E-state index is 14.7. The lowest BCUT2D eigenvalue weighted by molar-refractivity contribution is 0.480. The molecule has 1 fully saturated rings. The Hall–Kier alpha value is -3.00. The summed E-state index contributed by atoms with van der Waals surface area (Å²) in [5.41, 5.74) is 7.80. The topological polar surface area (TPSA) is 98.0 Å². The highest BCUT2D eigenvalue weighted by molar-refractivity contribution is 7.93. The number of halogens is 1. The SMILES string of the molecule is Nc1cnc(-c2ccc(-c3ccccc3NS(=O)(=O)C3CCC3)cc2F)cn1. The van der Waals surface area contributed by atoms with Crippen LogP contribution < -0.4 is 10.5 Å². The summed E-state index contributed by atoms with van der Waals surface area (Å²) in [6, 6.07) is 11.7. The second-order valence-corrected chi connectivity index (χ2v) is 8.73. The third-order valence-corrected chi connectivity index (χ3v) is 6.75. The van der Waals surface area contributed by atoms with E-state index >= 15 is 0 Å². The maximum Gasteiger partial charge on any atom is 0.235 e. The zero-order valence-electron chi connectivity index (χ0n) is 15.0. The minimum Gasteiger partial charge on any atom is -0.382 e. The first kappa shape index (κ1) is 18.4. The van der Waals surface area contributed by atoms with Gasteiger partial charge in [-0.3, -0.25) is 9.71 Å². The van der Waals surface area contributed by atoms with Gasteiger partial charge in [-0.05, 0) is 36.6 Å². The van der Waals surface area contributed by atoms with E-state index in [0.717, 1.165) is 6.42 Å². The first-order chi connectivity index (χ1) is 13.4. The molecule has 28 heavy (non-hydrogen) atoms. The van der Waals surface area contributed by atoms with Crippen LogP contribution in [0.4, 0.5) is 15.9 Å². The molecule has 0 radical (unpaired) electrons. The lowest BCUT2D eigenvalue weighted by Gasteiger charge is -2.26. The van der Waals surface area contributed by atoms with Crippen molar-refractivity contribution >= 4 is 21.5 Å². The van der Waals surface area contributed by atoms with Crippen LogP contribution in [0.5, 0.6) is 0 Å². The Labute approximate surface area is 162 Å². The molecule has 3 N–H and O–H groups in total. The van der Waals surface area contributed by atoms with Crippen LogP contribution >= 0.6 is 0 Å². The summed E-state index contributed by atoms with van der Waals surface area (Å²) in [6.07, 6.45) is 5.04. The molecule has 1 saturated carbocycles. The normalized spacial score (nSPS) is 14.5. The fourth-order valence-electron chi connectivity index (χ4n) is 3.11. The van der Waals surface area contributed by atoms with Gasteiger partial charge in [0.1, 0.15) is 11.6 Å². The average Bonchev–Trinajstić information content (AvgIpc) is 2.61. The summed E-state index contributed by atoms with van der Waals surface area (Å²) in [5.74, 6) is -0.221. The van der Waals surface area contributed by atoms with Crippen molar-refractivity contribution in [2.24, 2.45) is 0 Å². The van der Waals surface area contributed by atoms with Crippen molar-refractivity contribution in [2.45, 2.75) is 24.5 Å². The van der Waals surface area contributed by atoms with Gasteiger partial charge in [0, 0.05) is 11.1 Å². The van der Waals surface area contributed by atoms with Gasteiger partial charge in [0.05, 0.1) is 29.0 Å².